The fourth-order valence-electron chi connectivity index (χ4n) is 2.99. The van der Waals surface area contributed by atoms with Gasteiger partial charge in [0, 0.05) is 9.26 Å². The Kier molecular flexibility index (Phi) is 7.12. The van der Waals surface area contributed by atoms with Gasteiger partial charge < -0.3 is 10.6 Å². The highest BCUT2D eigenvalue weighted by Crippen LogP contribution is 2.36. The van der Waals surface area contributed by atoms with E-state index >= 15 is 4.39 Å². The molecular weight excluding hydrogens is 551 g/mol. The van der Waals surface area contributed by atoms with Crippen molar-refractivity contribution in [1.82, 2.24) is 5.48 Å². The number of carbonyl (C=O) groups excluding carboxylic acids is 1. The number of nitrogens with one attached hydrogen (secondary N) is 3. The Morgan fingerprint density at radius 3 is 2.50 bits per heavy atom. The van der Waals surface area contributed by atoms with Gasteiger partial charge in [-0.25, -0.2) is 14.3 Å². The Bertz CT molecular complexity index is 1140. The molecule has 1 aliphatic rings. The van der Waals surface area contributed by atoms with Crippen LogP contribution in [-0.2, 0) is 4.84 Å². The van der Waals surface area contributed by atoms with Crippen molar-refractivity contribution >= 4 is 62.8 Å². The topological polar surface area (TPSA) is 62.4 Å². The molecule has 9 heteroatoms. The first-order valence-corrected chi connectivity index (χ1v) is 11.4. The Balaban J connectivity index is 1.70. The predicted molar refractivity (Wildman–Crippen MR) is 130 cm³/mol. The Morgan fingerprint density at radius 1 is 1.06 bits per heavy atom. The number of amides is 1. The third-order valence-corrected chi connectivity index (χ3v) is 5.86. The lowest BCUT2D eigenvalue weighted by atomic mass is 10.1. The second-order valence-corrected chi connectivity index (χ2v) is 9.05. The fraction of sp³-hybridized carbons (Fsp3) is 0.174. The molecule has 0 spiro atoms. The maximum absolute atomic E-state index is 15.6. The van der Waals surface area contributed by atoms with Crippen LogP contribution in [0.2, 0.25) is 5.02 Å². The van der Waals surface area contributed by atoms with Crippen LogP contribution in [0.5, 0.6) is 0 Å². The molecule has 0 radical (unpaired) electrons. The molecule has 1 amide bonds. The van der Waals surface area contributed by atoms with Crippen molar-refractivity contribution < 1.29 is 18.4 Å². The second-order valence-electron chi connectivity index (χ2n) is 7.40. The molecule has 0 atom stereocenters. The van der Waals surface area contributed by atoms with Crippen LogP contribution in [0, 0.1) is 21.1 Å². The summed E-state index contributed by atoms with van der Waals surface area (Å²) in [5, 5.41) is 5.91. The predicted octanol–water partition coefficient (Wildman–Crippen LogP) is 6.78. The zero-order chi connectivity index (χ0) is 22.7. The van der Waals surface area contributed by atoms with Crippen LogP contribution >= 0.6 is 34.2 Å². The van der Waals surface area contributed by atoms with Crippen LogP contribution in [0.15, 0.2) is 54.6 Å². The molecule has 1 saturated carbocycles. The number of anilines is 4. The first kappa shape index (κ1) is 22.8. The van der Waals surface area contributed by atoms with E-state index in [2.05, 4.69) is 38.7 Å². The number of benzene rings is 3. The van der Waals surface area contributed by atoms with Gasteiger partial charge in [0.25, 0.3) is 5.91 Å². The number of hydrogen-bond acceptors (Lipinski definition) is 4. The molecule has 4 rings (SSSR count). The van der Waals surface area contributed by atoms with Crippen molar-refractivity contribution in [3.8, 4) is 0 Å². The molecule has 0 heterocycles. The van der Waals surface area contributed by atoms with Crippen LogP contribution in [-0.4, -0.2) is 12.5 Å². The summed E-state index contributed by atoms with van der Waals surface area (Å²) in [6, 6.07) is 14.7. The summed E-state index contributed by atoms with van der Waals surface area (Å²) in [5.74, 6) is -2.24. The SMILES string of the molecule is O=C(NOCC1CC1)c1cc(F)c(Nc2ccccc2)c(F)c1Nc1ccc(I)cc1Cl. The molecule has 3 aromatic carbocycles. The molecule has 3 aromatic rings. The van der Waals surface area contributed by atoms with E-state index in [9.17, 15) is 9.18 Å². The van der Waals surface area contributed by atoms with Crippen molar-refractivity contribution in [1.29, 1.82) is 0 Å². The summed E-state index contributed by atoms with van der Waals surface area (Å²) in [6.45, 7) is 0.357. The third-order valence-electron chi connectivity index (χ3n) is 4.88. The molecule has 0 aromatic heterocycles. The lowest BCUT2D eigenvalue weighted by molar-refractivity contribution is 0.0270. The highest BCUT2D eigenvalue weighted by Gasteiger charge is 2.25. The standard InChI is InChI=1S/C23H19ClF2IN3O2/c24-17-10-14(27)8-9-19(17)29-21-16(23(31)30-32-12-13-6-7-13)11-18(25)22(20(21)26)28-15-4-2-1-3-5-15/h1-5,8-11,13,28-29H,6-7,12H2,(H,30,31). The van der Waals surface area contributed by atoms with E-state index in [-0.39, 0.29) is 11.3 Å². The quantitative estimate of drug-likeness (QED) is 0.207. The highest BCUT2D eigenvalue weighted by molar-refractivity contribution is 14.1. The minimum absolute atomic E-state index is 0.222. The lowest BCUT2D eigenvalue weighted by Gasteiger charge is -2.18. The molecular formula is C23H19ClF2IN3O2. The molecule has 3 N–H and O–H groups in total. The average molecular weight is 570 g/mol. The zero-order valence-corrected chi connectivity index (χ0v) is 19.6. The minimum Gasteiger partial charge on any atom is -0.351 e. The maximum Gasteiger partial charge on any atom is 0.277 e. The van der Waals surface area contributed by atoms with Crippen LogP contribution in [0.4, 0.5) is 31.5 Å². The Morgan fingerprint density at radius 2 is 1.81 bits per heavy atom. The van der Waals surface area contributed by atoms with E-state index in [4.69, 9.17) is 16.4 Å². The summed E-state index contributed by atoms with van der Waals surface area (Å²) < 4.78 is 31.3. The van der Waals surface area contributed by atoms with Gasteiger partial charge in [0.2, 0.25) is 0 Å². The minimum atomic E-state index is -0.962. The smallest absolute Gasteiger partial charge is 0.277 e. The lowest BCUT2D eigenvalue weighted by Crippen LogP contribution is -2.26. The van der Waals surface area contributed by atoms with E-state index in [1.54, 1.807) is 48.5 Å². The highest BCUT2D eigenvalue weighted by atomic mass is 127. The van der Waals surface area contributed by atoms with Gasteiger partial charge in [0.1, 0.15) is 5.69 Å². The van der Waals surface area contributed by atoms with Crippen LogP contribution < -0.4 is 16.1 Å². The van der Waals surface area contributed by atoms with Crippen molar-refractivity contribution in [2.75, 3.05) is 17.2 Å². The van der Waals surface area contributed by atoms with Crippen LogP contribution in [0.1, 0.15) is 23.2 Å². The van der Waals surface area contributed by atoms with Gasteiger partial charge in [-0.3, -0.25) is 9.63 Å². The Labute approximate surface area is 202 Å². The number of halogens is 4. The van der Waals surface area contributed by atoms with E-state index in [0.717, 1.165) is 22.5 Å². The molecule has 1 aliphatic carbocycles. The number of hydroxylamine groups is 1. The van der Waals surface area contributed by atoms with Gasteiger partial charge in [-0.1, -0.05) is 29.8 Å². The summed E-state index contributed by atoms with van der Waals surface area (Å²) >= 11 is 8.38. The van der Waals surface area contributed by atoms with Crippen molar-refractivity contribution in [3.63, 3.8) is 0 Å². The molecule has 0 bridgehead atoms. The summed E-state index contributed by atoms with van der Waals surface area (Å²) in [7, 11) is 0. The van der Waals surface area contributed by atoms with E-state index < -0.39 is 23.2 Å². The fourth-order valence-corrected chi connectivity index (χ4v) is 3.89. The molecule has 1 fully saturated rings. The number of hydrogen-bond donors (Lipinski definition) is 3. The van der Waals surface area contributed by atoms with E-state index in [1.807, 2.05) is 0 Å². The van der Waals surface area contributed by atoms with E-state index in [0.29, 0.717) is 28.9 Å². The Hall–Kier alpha value is -2.43. The number of carbonyl (C=O) groups is 1. The molecule has 0 unspecified atom stereocenters. The van der Waals surface area contributed by atoms with Gasteiger partial charge in [-0.05, 0) is 77.7 Å². The summed E-state index contributed by atoms with van der Waals surface area (Å²) in [5.41, 5.74) is 2.28. The van der Waals surface area contributed by atoms with Crippen LogP contribution in [0.25, 0.3) is 0 Å². The summed E-state index contributed by atoms with van der Waals surface area (Å²) in [4.78, 5) is 17.9. The first-order valence-electron chi connectivity index (χ1n) is 9.90. The maximum atomic E-state index is 15.6. The normalized spacial score (nSPS) is 13.0. The van der Waals surface area contributed by atoms with Crippen LogP contribution in [0.3, 0.4) is 0 Å². The largest absolute Gasteiger partial charge is 0.351 e. The zero-order valence-electron chi connectivity index (χ0n) is 16.7. The van der Waals surface area contributed by atoms with Gasteiger partial charge in [0.05, 0.1) is 28.6 Å². The average Bonchev–Trinajstić information content (AvgIpc) is 3.59. The number of rotatable bonds is 8. The molecule has 0 aliphatic heterocycles. The van der Waals surface area contributed by atoms with Crippen molar-refractivity contribution in [3.05, 3.63) is 80.4 Å². The van der Waals surface area contributed by atoms with Gasteiger partial charge in [-0.2, -0.15) is 0 Å². The molecule has 166 valence electrons. The number of para-hydroxylation sites is 1. The summed E-state index contributed by atoms with van der Waals surface area (Å²) in [6.07, 6.45) is 2.08. The van der Waals surface area contributed by atoms with Gasteiger partial charge in [0.15, 0.2) is 11.6 Å². The molecule has 0 saturated heterocycles. The second kappa shape index (κ2) is 10.0. The molecule has 5 nitrogen and oxygen atoms in total. The first-order chi connectivity index (χ1) is 15.4. The van der Waals surface area contributed by atoms with Crippen molar-refractivity contribution in [2.45, 2.75) is 12.8 Å². The van der Waals surface area contributed by atoms with Gasteiger partial charge >= 0.3 is 0 Å². The third kappa shape index (κ3) is 5.48. The molecule has 32 heavy (non-hydrogen) atoms. The van der Waals surface area contributed by atoms with E-state index in [1.165, 1.54) is 0 Å². The monoisotopic (exact) mass is 569 g/mol. The van der Waals surface area contributed by atoms with Gasteiger partial charge in [-0.15, -0.1) is 0 Å². The van der Waals surface area contributed by atoms with Crippen molar-refractivity contribution in [2.24, 2.45) is 5.92 Å².